The summed E-state index contributed by atoms with van der Waals surface area (Å²) in [6.07, 6.45) is 4.23. The number of nitrogens with zero attached hydrogens (tertiary/aromatic N) is 2. The van der Waals surface area contributed by atoms with Gasteiger partial charge in [0.2, 0.25) is 5.91 Å². The fourth-order valence-electron chi connectivity index (χ4n) is 2.88. The Labute approximate surface area is 168 Å². The minimum absolute atomic E-state index is 0.0130. The van der Waals surface area contributed by atoms with E-state index in [0.29, 0.717) is 36.9 Å². The van der Waals surface area contributed by atoms with E-state index < -0.39 is 0 Å². The summed E-state index contributed by atoms with van der Waals surface area (Å²) in [7, 11) is 0. The molecule has 1 saturated heterocycles. The number of anilines is 1. The highest BCUT2D eigenvalue weighted by molar-refractivity contribution is 7.12. The molecule has 27 heavy (non-hydrogen) atoms. The summed E-state index contributed by atoms with van der Waals surface area (Å²) in [6, 6.07) is 10.9. The summed E-state index contributed by atoms with van der Waals surface area (Å²) >= 11 is 7.52. The van der Waals surface area contributed by atoms with Crippen LogP contribution in [0, 0.1) is 6.92 Å². The van der Waals surface area contributed by atoms with Crippen molar-refractivity contribution < 1.29 is 9.59 Å². The van der Waals surface area contributed by atoms with Crippen LogP contribution in [0.25, 0.3) is 6.08 Å². The number of amides is 3. The fraction of sp³-hybridized carbons (Fsp3) is 0.300. The molecule has 0 bridgehead atoms. The molecule has 2 aromatic rings. The van der Waals surface area contributed by atoms with Crippen LogP contribution >= 0.6 is 22.9 Å². The van der Waals surface area contributed by atoms with Gasteiger partial charge >= 0.3 is 6.03 Å². The first-order valence-corrected chi connectivity index (χ1v) is 10.1. The summed E-state index contributed by atoms with van der Waals surface area (Å²) in [5, 5.41) is 3.50. The van der Waals surface area contributed by atoms with E-state index in [1.165, 1.54) is 4.88 Å². The number of carbonyl (C=O) groups is 2. The Morgan fingerprint density at radius 1 is 1.04 bits per heavy atom. The van der Waals surface area contributed by atoms with Gasteiger partial charge in [-0.15, -0.1) is 11.3 Å². The third-order valence-electron chi connectivity index (χ3n) is 4.34. The molecule has 2 heterocycles. The van der Waals surface area contributed by atoms with Crippen LogP contribution in [0.3, 0.4) is 0 Å². The zero-order chi connectivity index (χ0) is 19.2. The lowest BCUT2D eigenvalue weighted by molar-refractivity contribution is -0.125. The van der Waals surface area contributed by atoms with Crippen LogP contribution in [0.2, 0.25) is 5.02 Å². The second-order valence-corrected chi connectivity index (χ2v) is 8.14. The van der Waals surface area contributed by atoms with Crippen molar-refractivity contribution in [1.82, 2.24) is 9.80 Å². The van der Waals surface area contributed by atoms with Gasteiger partial charge in [-0.2, -0.15) is 0 Å². The largest absolute Gasteiger partial charge is 0.337 e. The van der Waals surface area contributed by atoms with Crippen molar-refractivity contribution >= 4 is 46.6 Å². The minimum Gasteiger partial charge on any atom is -0.337 e. The highest BCUT2D eigenvalue weighted by Crippen LogP contribution is 2.17. The first-order valence-electron chi connectivity index (χ1n) is 8.86. The highest BCUT2D eigenvalue weighted by Gasteiger charge is 2.21. The predicted octanol–water partition coefficient (Wildman–Crippen LogP) is 4.49. The van der Waals surface area contributed by atoms with Gasteiger partial charge in [-0.05, 0) is 55.8 Å². The van der Waals surface area contributed by atoms with E-state index in [4.69, 9.17) is 11.6 Å². The molecule has 1 aliphatic rings. The molecule has 7 heteroatoms. The number of rotatable bonds is 3. The minimum atomic E-state index is -0.156. The predicted molar refractivity (Wildman–Crippen MR) is 111 cm³/mol. The molecule has 5 nitrogen and oxygen atoms in total. The monoisotopic (exact) mass is 403 g/mol. The average Bonchev–Trinajstić information content (AvgIpc) is 2.92. The van der Waals surface area contributed by atoms with Gasteiger partial charge in [0.15, 0.2) is 0 Å². The number of urea groups is 1. The van der Waals surface area contributed by atoms with E-state index in [-0.39, 0.29) is 11.9 Å². The van der Waals surface area contributed by atoms with Crippen LogP contribution in [0.1, 0.15) is 16.2 Å². The Morgan fingerprint density at radius 2 is 1.74 bits per heavy atom. The maximum atomic E-state index is 12.5. The lowest BCUT2D eigenvalue weighted by atomic mass is 10.3. The first kappa shape index (κ1) is 19.5. The van der Waals surface area contributed by atoms with E-state index in [0.717, 1.165) is 11.3 Å². The molecule has 0 saturated carbocycles. The second-order valence-electron chi connectivity index (χ2n) is 6.38. The normalized spacial score (nSPS) is 15.0. The zero-order valence-corrected chi connectivity index (χ0v) is 16.7. The van der Waals surface area contributed by atoms with Crippen LogP contribution < -0.4 is 5.32 Å². The number of nitrogens with one attached hydrogen (secondary N) is 1. The van der Waals surface area contributed by atoms with E-state index in [2.05, 4.69) is 5.32 Å². The van der Waals surface area contributed by atoms with Crippen LogP contribution in [0.5, 0.6) is 0 Å². The number of hydrogen-bond acceptors (Lipinski definition) is 3. The van der Waals surface area contributed by atoms with E-state index in [1.54, 1.807) is 51.5 Å². The van der Waals surface area contributed by atoms with Gasteiger partial charge in [0.1, 0.15) is 0 Å². The number of aryl methyl sites for hydroxylation is 1. The van der Waals surface area contributed by atoms with Gasteiger partial charge in [-0.25, -0.2) is 4.79 Å². The molecule has 142 valence electrons. The van der Waals surface area contributed by atoms with E-state index in [9.17, 15) is 9.59 Å². The maximum Gasteiger partial charge on any atom is 0.321 e. The van der Waals surface area contributed by atoms with Gasteiger partial charge in [0, 0.05) is 52.7 Å². The van der Waals surface area contributed by atoms with Crippen molar-refractivity contribution in [2.45, 2.75) is 13.3 Å². The van der Waals surface area contributed by atoms with Crippen molar-refractivity contribution in [3.63, 3.8) is 0 Å². The molecule has 3 rings (SSSR count). The molecule has 0 unspecified atom stereocenters. The van der Waals surface area contributed by atoms with Crippen LogP contribution in [-0.2, 0) is 4.79 Å². The van der Waals surface area contributed by atoms with E-state index in [1.807, 2.05) is 25.1 Å². The molecule has 3 amide bonds. The quantitative estimate of drug-likeness (QED) is 0.767. The topological polar surface area (TPSA) is 52.7 Å². The number of hydrogen-bond donors (Lipinski definition) is 1. The molecular formula is C20H22ClN3O2S. The number of thiophene rings is 1. The lowest BCUT2D eigenvalue weighted by Gasteiger charge is -2.22. The standard InChI is InChI=1S/C20H22ClN3O2S/c1-15-3-8-18(27-15)9-10-19(25)23-11-2-12-24(14-13-23)20(26)22-17-6-4-16(21)5-7-17/h3-10H,2,11-14H2,1H3,(H,22,26)/b10-9+. The Bertz CT molecular complexity index is 832. The molecule has 1 N–H and O–H groups in total. The first-order chi connectivity index (χ1) is 13.0. The number of halogens is 1. The number of benzene rings is 1. The summed E-state index contributed by atoms with van der Waals surface area (Å²) in [6.45, 7) is 4.36. The molecule has 1 aliphatic heterocycles. The van der Waals surface area contributed by atoms with Crippen molar-refractivity contribution in [2.24, 2.45) is 0 Å². The fourth-order valence-corrected chi connectivity index (χ4v) is 3.78. The zero-order valence-electron chi connectivity index (χ0n) is 15.2. The van der Waals surface area contributed by atoms with Crippen molar-refractivity contribution in [2.75, 3.05) is 31.5 Å². The van der Waals surface area contributed by atoms with Gasteiger partial charge < -0.3 is 15.1 Å². The molecule has 1 aromatic carbocycles. The van der Waals surface area contributed by atoms with Crippen molar-refractivity contribution in [1.29, 1.82) is 0 Å². The summed E-state index contributed by atoms with van der Waals surface area (Å²) in [5.74, 6) is -0.0130. The maximum absolute atomic E-state index is 12.5. The highest BCUT2D eigenvalue weighted by atomic mass is 35.5. The van der Waals surface area contributed by atoms with Crippen molar-refractivity contribution in [3.05, 3.63) is 57.3 Å². The Morgan fingerprint density at radius 3 is 2.44 bits per heavy atom. The second kappa shape index (κ2) is 9.06. The number of carbonyl (C=O) groups excluding carboxylic acids is 2. The Hall–Kier alpha value is -2.31. The van der Waals surface area contributed by atoms with Gasteiger partial charge in [-0.3, -0.25) is 4.79 Å². The summed E-state index contributed by atoms with van der Waals surface area (Å²) in [5.41, 5.74) is 0.704. The molecule has 0 atom stereocenters. The average molecular weight is 404 g/mol. The smallest absolute Gasteiger partial charge is 0.321 e. The van der Waals surface area contributed by atoms with Gasteiger partial charge in [0.05, 0.1) is 0 Å². The third kappa shape index (κ3) is 5.58. The molecule has 1 fully saturated rings. The van der Waals surface area contributed by atoms with Crippen molar-refractivity contribution in [3.8, 4) is 0 Å². The lowest BCUT2D eigenvalue weighted by Crippen LogP contribution is -2.39. The third-order valence-corrected chi connectivity index (χ3v) is 5.56. The SMILES string of the molecule is Cc1ccc(/C=C/C(=O)N2CCCN(C(=O)Nc3ccc(Cl)cc3)CC2)s1. The van der Waals surface area contributed by atoms with Crippen LogP contribution in [0.15, 0.2) is 42.5 Å². The summed E-state index contributed by atoms with van der Waals surface area (Å²) < 4.78 is 0. The molecule has 0 spiro atoms. The van der Waals surface area contributed by atoms with Gasteiger partial charge in [0.25, 0.3) is 0 Å². The molecular weight excluding hydrogens is 382 g/mol. The van der Waals surface area contributed by atoms with Crippen LogP contribution in [0.4, 0.5) is 10.5 Å². The molecule has 0 radical (unpaired) electrons. The summed E-state index contributed by atoms with van der Waals surface area (Å²) in [4.78, 5) is 30.7. The van der Waals surface area contributed by atoms with Crippen LogP contribution in [-0.4, -0.2) is 47.9 Å². The Kier molecular flexibility index (Phi) is 6.53. The Balaban J connectivity index is 1.53. The molecule has 0 aliphatic carbocycles. The van der Waals surface area contributed by atoms with E-state index >= 15 is 0 Å². The molecule has 1 aromatic heterocycles. The van der Waals surface area contributed by atoms with Gasteiger partial charge in [-0.1, -0.05) is 11.6 Å².